The number of hydrogen-bond acceptors (Lipinski definition) is 10. The molecule has 2 N–H and O–H groups in total. The Morgan fingerprint density at radius 1 is 0.392 bits per heavy atom. The summed E-state index contributed by atoms with van der Waals surface area (Å²) < 4.78 is 39.5. The summed E-state index contributed by atoms with van der Waals surface area (Å²) in [6, 6.07) is 0. The van der Waals surface area contributed by atoms with Crippen LogP contribution in [0.5, 0.6) is 0 Å². The molecular formula is C62H109O11P. The van der Waals surface area contributed by atoms with E-state index in [4.69, 9.17) is 23.3 Å². The molecule has 0 aromatic heterocycles. The zero-order valence-electron chi connectivity index (χ0n) is 47.3. The van der Waals surface area contributed by atoms with Gasteiger partial charge in [0.2, 0.25) is 0 Å². The summed E-state index contributed by atoms with van der Waals surface area (Å²) in [6.07, 6.45) is 62.8. The van der Waals surface area contributed by atoms with E-state index in [0.29, 0.717) is 19.3 Å². The van der Waals surface area contributed by atoms with Crippen LogP contribution in [0.4, 0.5) is 0 Å². The molecule has 12 heteroatoms. The lowest BCUT2D eigenvalue weighted by Crippen LogP contribution is -2.30. The summed E-state index contributed by atoms with van der Waals surface area (Å²) in [4.78, 5) is 48.6. The fourth-order valence-electron chi connectivity index (χ4n) is 8.08. The molecule has 3 atom stereocenters. The molecule has 74 heavy (non-hydrogen) atoms. The van der Waals surface area contributed by atoms with Gasteiger partial charge in [0.05, 0.1) is 19.8 Å². The first-order valence-corrected chi connectivity index (χ1v) is 31.3. The molecule has 428 valence electrons. The number of aliphatic hydroxyl groups excluding tert-OH is 1. The number of allylic oxidation sites excluding steroid dienone is 12. The third-order valence-corrected chi connectivity index (χ3v) is 13.6. The van der Waals surface area contributed by atoms with Crippen LogP contribution >= 0.6 is 7.82 Å². The fourth-order valence-corrected chi connectivity index (χ4v) is 8.87. The third kappa shape index (κ3) is 53.7. The topological polar surface area (TPSA) is 155 Å². The molecule has 0 rings (SSSR count). The van der Waals surface area contributed by atoms with Crippen molar-refractivity contribution < 1.29 is 52.2 Å². The van der Waals surface area contributed by atoms with E-state index >= 15 is 0 Å². The van der Waals surface area contributed by atoms with Gasteiger partial charge in [-0.2, -0.15) is 0 Å². The Morgan fingerprint density at radius 2 is 0.703 bits per heavy atom. The number of hydrogen-bond donors (Lipinski definition) is 2. The lowest BCUT2D eigenvalue weighted by atomic mass is 10.0. The molecule has 0 bridgehead atoms. The van der Waals surface area contributed by atoms with E-state index in [1.54, 1.807) is 0 Å². The lowest BCUT2D eigenvalue weighted by molar-refractivity contribution is -0.161. The molecule has 11 nitrogen and oxygen atoms in total. The van der Waals surface area contributed by atoms with Gasteiger partial charge in [-0.15, -0.1) is 0 Å². The molecule has 0 fully saturated rings. The second-order valence-corrected chi connectivity index (χ2v) is 21.2. The van der Waals surface area contributed by atoms with Crippen LogP contribution in [0.15, 0.2) is 72.9 Å². The highest BCUT2D eigenvalue weighted by atomic mass is 31.2. The van der Waals surface area contributed by atoms with Crippen molar-refractivity contribution in [3.05, 3.63) is 72.9 Å². The molecule has 0 radical (unpaired) electrons. The van der Waals surface area contributed by atoms with Crippen molar-refractivity contribution in [1.29, 1.82) is 0 Å². The summed E-state index contributed by atoms with van der Waals surface area (Å²) in [6.45, 7) is 4.49. The van der Waals surface area contributed by atoms with E-state index in [0.717, 1.165) is 109 Å². The maximum absolute atomic E-state index is 12.9. The van der Waals surface area contributed by atoms with E-state index in [9.17, 15) is 28.9 Å². The lowest BCUT2D eigenvalue weighted by Gasteiger charge is -2.21. The first-order valence-electron chi connectivity index (χ1n) is 29.8. The summed E-state index contributed by atoms with van der Waals surface area (Å²) >= 11 is 0. The average Bonchev–Trinajstić information content (AvgIpc) is 3.39. The highest BCUT2D eigenvalue weighted by Gasteiger charge is 2.28. The minimum Gasteiger partial charge on any atom is -0.462 e. The van der Waals surface area contributed by atoms with Crippen molar-refractivity contribution in [3.63, 3.8) is 0 Å². The summed E-state index contributed by atoms with van der Waals surface area (Å²) in [5, 5.41) is 9.81. The van der Waals surface area contributed by atoms with Gasteiger partial charge in [0.15, 0.2) is 6.10 Å². The summed E-state index contributed by atoms with van der Waals surface area (Å²) in [5.41, 5.74) is 0. The van der Waals surface area contributed by atoms with E-state index in [2.05, 4.69) is 93.7 Å². The van der Waals surface area contributed by atoms with Crippen LogP contribution < -0.4 is 0 Å². The fraction of sp³-hybridized carbons (Fsp3) is 0.758. The van der Waals surface area contributed by atoms with E-state index in [1.165, 1.54) is 96.3 Å². The van der Waals surface area contributed by atoms with E-state index in [1.807, 2.05) is 0 Å². The maximum atomic E-state index is 12.9. The molecule has 0 saturated heterocycles. The number of rotatable bonds is 55. The third-order valence-electron chi connectivity index (χ3n) is 12.6. The number of phosphoric ester groups is 1. The van der Waals surface area contributed by atoms with Crippen LogP contribution in [0.1, 0.15) is 265 Å². The van der Waals surface area contributed by atoms with Gasteiger partial charge in [-0.1, -0.05) is 229 Å². The summed E-state index contributed by atoms with van der Waals surface area (Å²) in [5.74, 6) is -1.50. The van der Waals surface area contributed by atoms with E-state index in [-0.39, 0.29) is 25.9 Å². The number of phosphoric acid groups is 1. The van der Waals surface area contributed by atoms with Gasteiger partial charge in [0, 0.05) is 19.3 Å². The Morgan fingerprint density at radius 3 is 1.12 bits per heavy atom. The SMILES string of the molecule is CC/C=C\C/C=C\C/C=C\C/C=C\C/C=C\CCCCCC(=O)OCC(COP(=O)(O)OCC(CO)OC(=O)CCCCCCC/C=C\CCCCCC)OC(=O)CCCCCCCCCCCCCCCCC. The Bertz CT molecular complexity index is 1520. The average molecular weight is 1060 g/mol. The van der Waals surface area contributed by atoms with Crippen LogP contribution in [0.2, 0.25) is 0 Å². The Hall–Kier alpha value is -3.08. The quantitative estimate of drug-likeness (QED) is 0.0197. The number of aliphatic hydroxyl groups is 1. The molecule has 0 amide bonds. The number of carbonyl (C=O) groups is 3. The van der Waals surface area contributed by atoms with Gasteiger partial charge in [0.1, 0.15) is 12.7 Å². The second-order valence-electron chi connectivity index (χ2n) is 19.8. The molecule has 3 unspecified atom stereocenters. The molecule has 0 aromatic rings. The van der Waals surface area contributed by atoms with Crippen LogP contribution in [-0.4, -0.2) is 66.5 Å². The molecular weight excluding hydrogens is 952 g/mol. The van der Waals surface area contributed by atoms with Gasteiger partial charge in [0.25, 0.3) is 0 Å². The monoisotopic (exact) mass is 1060 g/mol. The van der Waals surface area contributed by atoms with E-state index < -0.39 is 57.8 Å². The highest BCUT2D eigenvalue weighted by Crippen LogP contribution is 2.43. The van der Waals surface area contributed by atoms with Crippen LogP contribution in [0.3, 0.4) is 0 Å². The second kappa shape index (κ2) is 56.1. The van der Waals surface area contributed by atoms with Crippen LogP contribution in [0.25, 0.3) is 0 Å². The molecule has 0 saturated carbocycles. The van der Waals surface area contributed by atoms with Gasteiger partial charge < -0.3 is 24.2 Å². The molecule has 0 aliphatic carbocycles. The molecule has 0 aliphatic rings. The van der Waals surface area contributed by atoms with Crippen molar-refractivity contribution in [2.45, 2.75) is 277 Å². The summed E-state index contributed by atoms with van der Waals surface area (Å²) in [7, 11) is -4.76. The van der Waals surface area contributed by atoms with Crippen molar-refractivity contribution in [3.8, 4) is 0 Å². The number of ether oxygens (including phenoxy) is 3. The van der Waals surface area contributed by atoms with Crippen molar-refractivity contribution >= 4 is 25.7 Å². The zero-order chi connectivity index (χ0) is 54.1. The standard InChI is InChI=1S/C62H109O11P/c1-4-7-10-13-16-19-22-25-27-28-29-30-32-34-36-39-42-45-48-51-60(64)69-55-59(73-62(66)53-50-47-44-41-38-35-31-26-23-20-17-14-11-8-5-2)57-71-74(67,68)70-56-58(54-63)72-61(65)52-49-46-43-40-37-33-24-21-18-15-12-9-6-3/h7,10,16,19,21,24-25,27,29-30,34,36,58-59,63H,4-6,8-9,11-15,17-18,20,22-23,26,28,31-33,35,37-57H2,1-3H3,(H,67,68)/b10-7-,19-16-,24-21-,27-25-,30-29-,36-34-. The number of unbranched alkanes of at least 4 members (excludes halogenated alkanes) is 26. The highest BCUT2D eigenvalue weighted by molar-refractivity contribution is 7.47. The first-order chi connectivity index (χ1) is 36.2. The molecule has 0 aromatic carbocycles. The first kappa shape index (κ1) is 70.9. The Kier molecular flexibility index (Phi) is 53.8. The maximum Gasteiger partial charge on any atom is 0.472 e. The van der Waals surface area contributed by atoms with Gasteiger partial charge >= 0.3 is 25.7 Å². The van der Waals surface area contributed by atoms with Gasteiger partial charge in [-0.05, 0) is 89.9 Å². The molecule has 0 aliphatic heterocycles. The predicted molar refractivity (Wildman–Crippen MR) is 307 cm³/mol. The Balaban J connectivity index is 4.77. The van der Waals surface area contributed by atoms with Crippen molar-refractivity contribution in [2.24, 2.45) is 0 Å². The smallest absolute Gasteiger partial charge is 0.462 e. The van der Waals surface area contributed by atoms with Gasteiger partial charge in [-0.3, -0.25) is 23.4 Å². The number of esters is 3. The predicted octanol–water partition coefficient (Wildman–Crippen LogP) is 17.7. The Labute approximate surface area is 452 Å². The minimum absolute atomic E-state index is 0.161. The molecule has 0 heterocycles. The van der Waals surface area contributed by atoms with Crippen LogP contribution in [-0.2, 0) is 42.2 Å². The van der Waals surface area contributed by atoms with Crippen LogP contribution in [0, 0.1) is 0 Å². The minimum atomic E-state index is -4.76. The van der Waals surface area contributed by atoms with Crippen molar-refractivity contribution in [1.82, 2.24) is 0 Å². The normalized spacial score (nSPS) is 13.9. The van der Waals surface area contributed by atoms with Crippen molar-refractivity contribution in [2.75, 3.05) is 26.4 Å². The zero-order valence-corrected chi connectivity index (χ0v) is 48.2. The molecule has 0 spiro atoms. The largest absolute Gasteiger partial charge is 0.472 e. The van der Waals surface area contributed by atoms with Gasteiger partial charge in [-0.25, -0.2) is 4.57 Å². The number of carbonyl (C=O) groups excluding carboxylic acids is 3.